The smallest absolute Gasteiger partial charge is 0.243 e. The molecule has 0 unspecified atom stereocenters. The molecule has 94 valence electrons. The number of nitrogens with one attached hydrogen (secondary N) is 1. The van der Waals surface area contributed by atoms with Crippen molar-refractivity contribution in [3.05, 3.63) is 29.3 Å². The van der Waals surface area contributed by atoms with Crippen LogP contribution in [0.15, 0.2) is 18.2 Å². The monoisotopic (exact) mass is 245 g/mol. The molecule has 1 aromatic carbocycles. The van der Waals surface area contributed by atoms with E-state index in [0.717, 1.165) is 17.8 Å². The Morgan fingerprint density at radius 2 is 2.11 bits per heavy atom. The fourth-order valence-electron chi connectivity index (χ4n) is 2.72. The second kappa shape index (κ2) is 4.10. The van der Waals surface area contributed by atoms with Crippen LogP contribution in [0.5, 0.6) is 0 Å². The number of hydrogen-bond donors (Lipinski definition) is 2. The lowest BCUT2D eigenvalue weighted by Crippen LogP contribution is -2.50. The molecule has 1 aromatic rings. The summed E-state index contributed by atoms with van der Waals surface area (Å²) in [5, 5.41) is 2.40. The maximum absolute atomic E-state index is 11.8. The minimum absolute atomic E-state index is 0.174. The molecule has 1 saturated heterocycles. The zero-order chi connectivity index (χ0) is 12.7. The van der Waals surface area contributed by atoms with E-state index in [1.807, 2.05) is 18.2 Å². The predicted octanol–water partition coefficient (Wildman–Crippen LogP) is 0.390. The molecule has 2 aliphatic heterocycles. The molecule has 0 radical (unpaired) electrons. The first kappa shape index (κ1) is 11.2. The van der Waals surface area contributed by atoms with Crippen molar-refractivity contribution in [3.8, 4) is 0 Å². The van der Waals surface area contributed by atoms with Gasteiger partial charge in [0.2, 0.25) is 11.8 Å². The second-order valence-electron chi connectivity index (χ2n) is 4.86. The Bertz CT molecular complexity index is 527. The number of nitrogens with zero attached hydrogens (tertiary/aromatic N) is 1. The molecule has 5 nitrogen and oxygen atoms in total. The molecule has 18 heavy (non-hydrogen) atoms. The lowest BCUT2D eigenvalue weighted by atomic mass is 10.0. The van der Waals surface area contributed by atoms with Crippen LogP contribution >= 0.6 is 0 Å². The minimum atomic E-state index is -0.213. The van der Waals surface area contributed by atoms with E-state index in [2.05, 4.69) is 10.2 Å². The summed E-state index contributed by atoms with van der Waals surface area (Å²) in [6, 6.07) is 5.64. The second-order valence-corrected chi connectivity index (χ2v) is 4.86. The van der Waals surface area contributed by atoms with Crippen molar-refractivity contribution < 1.29 is 9.59 Å². The Labute approximate surface area is 105 Å². The highest BCUT2D eigenvalue weighted by molar-refractivity contribution is 6.00. The zero-order valence-electron chi connectivity index (χ0n) is 9.98. The topological polar surface area (TPSA) is 75.4 Å². The van der Waals surface area contributed by atoms with Crippen molar-refractivity contribution in [2.45, 2.75) is 32.0 Å². The molecule has 3 rings (SSSR count). The van der Waals surface area contributed by atoms with Gasteiger partial charge in [-0.15, -0.1) is 0 Å². The summed E-state index contributed by atoms with van der Waals surface area (Å²) in [5.41, 5.74) is 9.01. The Morgan fingerprint density at radius 1 is 1.28 bits per heavy atom. The first-order valence-corrected chi connectivity index (χ1v) is 6.09. The van der Waals surface area contributed by atoms with E-state index in [0.29, 0.717) is 19.4 Å². The minimum Gasteiger partial charge on any atom is -0.398 e. The summed E-state index contributed by atoms with van der Waals surface area (Å²) in [5.74, 6) is -0.356. The van der Waals surface area contributed by atoms with E-state index in [1.54, 1.807) is 0 Å². The highest BCUT2D eigenvalue weighted by Gasteiger charge is 2.35. The van der Waals surface area contributed by atoms with Gasteiger partial charge >= 0.3 is 0 Å². The molecule has 1 fully saturated rings. The maximum atomic E-state index is 11.8. The number of carbonyl (C=O) groups excluding carboxylic acids is 2. The third-order valence-electron chi connectivity index (χ3n) is 3.69. The van der Waals surface area contributed by atoms with Crippen LogP contribution in [-0.2, 0) is 22.7 Å². The molecule has 5 heteroatoms. The number of anilines is 1. The van der Waals surface area contributed by atoms with Crippen molar-refractivity contribution in [1.29, 1.82) is 0 Å². The van der Waals surface area contributed by atoms with Gasteiger partial charge < -0.3 is 5.73 Å². The summed E-state index contributed by atoms with van der Waals surface area (Å²) < 4.78 is 0. The highest BCUT2D eigenvalue weighted by atomic mass is 16.2. The Hall–Kier alpha value is -1.88. The SMILES string of the molecule is Nc1cccc2c1CN([C@@H]1CCC(=O)NC1=O)C2. The number of amides is 2. The van der Waals surface area contributed by atoms with Crippen LogP contribution in [0.4, 0.5) is 5.69 Å². The number of fused-ring (bicyclic) bond motifs is 1. The fraction of sp³-hybridized carbons (Fsp3) is 0.385. The number of hydrogen-bond acceptors (Lipinski definition) is 4. The lowest BCUT2D eigenvalue weighted by Gasteiger charge is -2.29. The number of nitrogen functional groups attached to an aromatic ring is 1. The molecule has 1 atom stereocenters. The summed E-state index contributed by atoms with van der Waals surface area (Å²) in [6.07, 6.45) is 1.01. The van der Waals surface area contributed by atoms with Crippen LogP contribution in [0.1, 0.15) is 24.0 Å². The average molecular weight is 245 g/mol. The van der Waals surface area contributed by atoms with Crippen molar-refractivity contribution in [1.82, 2.24) is 10.2 Å². The third kappa shape index (κ3) is 1.76. The number of rotatable bonds is 1. The molecule has 0 saturated carbocycles. The van der Waals surface area contributed by atoms with Crippen molar-refractivity contribution in [3.63, 3.8) is 0 Å². The molecule has 0 aliphatic carbocycles. The van der Waals surface area contributed by atoms with Gasteiger partial charge in [0, 0.05) is 25.2 Å². The van der Waals surface area contributed by atoms with E-state index in [9.17, 15) is 9.59 Å². The van der Waals surface area contributed by atoms with E-state index in [4.69, 9.17) is 5.73 Å². The number of piperidine rings is 1. The number of nitrogens with two attached hydrogens (primary N) is 1. The van der Waals surface area contributed by atoms with Gasteiger partial charge in [0.25, 0.3) is 0 Å². The standard InChI is InChI=1S/C13H15N3O2/c14-10-3-1-2-8-6-16(7-9(8)10)11-4-5-12(17)15-13(11)18/h1-3,11H,4-7,14H2,(H,15,17,18)/t11-/m1/s1. The summed E-state index contributed by atoms with van der Waals surface area (Å²) in [6.45, 7) is 1.42. The van der Waals surface area contributed by atoms with Crippen LogP contribution in [0.2, 0.25) is 0 Å². The van der Waals surface area contributed by atoms with Crippen LogP contribution in [0.3, 0.4) is 0 Å². The van der Waals surface area contributed by atoms with Gasteiger partial charge in [-0.2, -0.15) is 0 Å². The van der Waals surface area contributed by atoms with Gasteiger partial charge in [-0.05, 0) is 23.6 Å². The molecule has 3 N–H and O–H groups in total. The number of imide groups is 1. The normalized spacial score (nSPS) is 23.9. The summed E-state index contributed by atoms with van der Waals surface area (Å²) >= 11 is 0. The van der Waals surface area contributed by atoms with E-state index < -0.39 is 0 Å². The van der Waals surface area contributed by atoms with Crippen molar-refractivity contribution >= 4 is 17.5 Å². The van der Waals surface area contributed by atoms with Crippen molar-refractivity contribution in [2.24, 2.45) is 0 Å². The van der Waals surface area contributed by atoms with Crippen LogP contribution in [0.25, 0.3) is 0 Å². The van der Waals surface area contributed by atoms with Gasteiger partial charge in [0.1, 0.15) is 0 Å². The Morgan fingerprint density at radius 3 is 2.83 bits per heavy atom. The molecule has 2 amide bonds. The van der Waals surface area contributed by atoms with E-state index >= 15 is 0 Å². The third-order valence-corrected chi connectivity index (χ3v) is 3.69. The maximum Gasteiger partial charge on any atom is 0.243 e. The molecule has 0 bridgehead atoms. The number of carbonyl (C=O) groups is 2. The van der Waals surface area contributed by atoms with Gasteiger partial charge in [-0.1, -0.05) is 12.1 Å². The van der Waals surface area contributed by atoms with Crippen LogP contribution in [0, 0.1) is 0 Å². The quantitative estimate of drug-likeness (QED) is 0.554. The van der Waals surface area contributed by atoms with E-state index in [1.165, 1.54) is 5.56 Å². The zero-order valence-corrected chi connectivity index (χ0v) is 9.98. The lowest BCUT2D eigenvalue weighted by molar-refractivity contribution is -0.137. The van der Waals surface area contributed by atoms with Gasteiger partial charge in [0.15, 0.2) is 0 Å². The van der Waals surface area contributed by atoms with E-state index in [-0.39, 0.29) is 17.9 Å². The predicted molar refractivity (Wildman–Crippen MR) is 66.3 cm³/mol. The average Bonchev–Trinajstić information content (AvgIpc) is 2.74. The van der Waals surface area contributed by atoms with Gasteiger partial charge in [0.05, 0.1) is 6.04 Å². The van der Waals surface area contributed by atoms with Gasteiger partial charge in [-0.25, -0.2) is 0 Å². The molecule has 0 aromatic heterocycles. The Kier molecular flexibility index (Phi) is 2.56. The molecule has 2 aliphatic rings. The van der Waals surface area contributed by atoms with Crippen molar-refractivity contribution in [2.75, 3.05) is 5.73 Å². The van der Waals surface area contributed by atoms with Crippen LogP contribution < -0.4 is 11.1 Å². The largest absolute Gasteiger partial charge is 0.398 e. The molecular formula is C13H15N3O2. The molecular weight excluding hydrogens is 230 g/mol. The highest BCUT2D eigenvalue weighted by Crippen LogP contribution is 2.30. The molecule has 2 heterocycles. The van der Waals surface area contributed by atoms with Crippen LogP contribution in [-0.4, -0.2) is 22.8 Å². The molecule has 0 spiro atoms. The van der Waals surface area contributed by atoms with Gasteiger partial charge in [-0.3, -0.25) is 19.8 Å². The summed E-state index contributed by atoms with van der Waals surface area (Å²) in [4.78, 5) is 25.0. The summed E-state index contributed by atoms with van der Waals surface area (Å²) in [7, 11) is 0. The fourth-order valence-corrected chi connectivity index (χ4v) is 2.72. The first-order chi connectivity index (χ1) is 8.65. The Balaban J connectivity index is 1.80. The first-order valence-electron chi connectivity index (χ1n) is 6.09. The number of benzene rings is 1.